The molecule has 2 heteroatoms. The van der Waals surface area contributed by atoms with Gasteiger partial charge in [0.25, 0.3) is 0 Å². The predicted octanol–water partition coefficient (Wildman–Crippen LogP) is 4.02. The summed E-state index contributed by atoms with van der Waals surface area (Å²) >= 11 is 0. The molecular formula is C17H22O2. The highest BCUT2D eigenvalue weighted by Crippen LogP contribution is 2.41. The molecule has 0 saturated carbocycles. The van der Waals surface area contributed by atoms with Gasteiger partial charge in [0.05, 0.1) is 18.5 Å². The molecular weight excluding hydrogens is 236 g/mol. The van der Waals surface area contributed by atoms with Crippen molar-refractivity contribution >= 4 is 5.57 Å². The predicted molar refractivity (Wildman–Crippen MR) is 76.6 cm³/mol. The van der Waals surface area contributed by atoms with Crippen molar-refractivity contribution in [3.05, 3.63) is 42.2 Å². The lowest BCUT2D eigenvalue weighted by Gasteiger charge is -2.25. The number of ether oxygens (including phenoxy) is 2. The zero-order valence-electron chi connectivity index (χ0n) is 11.7. The van der Waals surface area contributed by atoms with Crippen LogP contribution in [0.25, 0.3) is 5.57 Å². The topological polar surface area (TPSA) is 18.5 Å². The molecule has 2 fully saturated rings. The number of rotatable bonds is 4. The van der Waals surface area contributed by atoms with Crippen LogP contribution in [0, 0.1) is 5.92 Å². The van der Waals surface area contributed by atoms with Crippen LogP contribution in [0.15, 0.2) is 36.6 Å². The van der Waals surface area contributed by atoms with Crippen LogP contribution >= 0.6 is 0 Å². The Morgan fingerprint density at radius 2 is 2.11 bits per heavy atom. The van der Waals surface area contributed by atoms with E-state index in [4.69, 9.17) is 9.47 Å². The minimum atomic E-state index is 0.244. The lowest BCUT2D eigenvalue weighted by Crippen LogP contribution is -2.28. The lowest BCUT2D eigenvalue weighted by atomic mass is 9.86. The Kier molecular flexibility index (Phi) is 3.61. The summed E-state index contributed by atoms with van der Waals surface area (Å²) < 4.78 is 11.8. The van der Waals surface area contributed by atoms with Crippen molar-refractivity contribution in [3.63, 3.8) is 0 Å². The van der Waals surface area contributed by atoms with Crippen LogP contribution in [0.2, 0.25) is 0 Å². The molecule has 2 saturated heterocycles. The molecule has 4 unspecified atom stereocenters. The Morgan fingerprint density at radius 1 is 1.32 bits per heavy atom. The third kappa shape index (κ3) is 2.69. The number of hydrogen-bond donors (Lipinski definition) is 0. The van der Waals surface area contributed by atoms with E-state index in [9.17, 15) is 0 Å². The van der Waals surface area contributed by atoms with Crippen molar-refractivity contribution in [2.75, 3.05) is 0 Å². The quantitative estimate of drug-likeness (QED) is 0.759. The number of benzene rings is 1. The second kappa shape index (κ2) is 5.38. The van der Waals surface area contributed by atoms with Crippen molar-refractivity contribution in [1.82, 2.24) is 0 Å². The molecule has 2 aliphatic rings. The Labute approximate surface area is 115 Å². The average molecular weight is 258 g/mol. The molecule has 0 aromatic heterocycles. The van der Waals surface area contributed by atoms with E-state index in [0.29, 0.717) is 18.1 Å². The number of allylic oxidation sites excluding steroid dienone is 1. The van der Waals surface area contributed by atoms with Gasteiger partial charge in [-0.2, -0.15) is 0 Å². The summed E-state index contributed by atoms with van der Waals surface area (Å²) in [5.74, 6) is 0.568. The van der Waals surface area contributed by atoms with Gasteiger partial charge in [0, 0.05) is 5.92 Å². The first kappa shape index (κ1) is 12.7. The molecule has 2 heterocycles. The lowest BCUT2D eigenvalue weighted by molar-refractivity contribution is 0.0429. The van der Waals surface area contributed by atoms with Gasteiger partial charge in [0.2, 0.25) is 0 Å². The van der Waals surface area contributed by atoms with Crippen LogP contribution in [-0.4, -0.2) is 18.3 Å². The maximum Gasteiger partial charge on any atom is 0.100 e. The van der Waals surface area contributed by atoms with Gasteiger partial charge in [0.1, 0.15) is 6.10 Å². The van der Waals surface area contributed by atoms with Crippen LogP contribution in [0.5, 0.6) is 0 Å². The molecule has 1 aromatic carbocycles. The van der Waals surface area contributed by atoms with Crippen LogP contribution in [-0.2, 0) is 9.47 Å². The van der Waals surface area contributed by atoms with E-state index in [-0.39, 0.29) is 6.10 Å². The van der Waals surface area contributed by atoms with E-state index in [1.54, 1.807) is 0 Å². The highest BCUT2D eigenvalue weighted by Gasteiger charge is 2.43. The van der Waals surface area contributed by atoms with Gasteiger partial charge in [0.15, 0.2) is 0 Å². The first-order valence-corrected chi connectivity index (χ1v) is 7.27. The van der Waals surface area contributed by atoms with Crippen LogP contribution in [0.1, 0.15) is 38.7 Å². The second-order valence-corrected chi connectivity index (χ2v) is 5.78. The van der Waals surface area contributed by atoms with Crippen molar-refractivity contribution < 1.29 is 9.47 Å². The standard InChI is InChI=1S/C17H22O2/c1-12(14-6-4-3-5-7-14)11-18-13(2)16-10-15-8-9-17(16)19-15/h3-7,11,13,15-17H,8-10H2,1-2H3/b12-11-. The molecule has 2 nitrogen and oxygen atoms in total. The zero-order valence-corrected chi connectivity index (χ0v) is 11.7. The molecule has 2 aliphatic heterocycles. The van der Waals surface area contributed by atoms with Crippen molar-refractivity contribution in [3.8, 4) is 0 Å². The molecule has 0 radical (unpaired) electrons. The summed E-state index contributed by atoms with van der Waals surface area (Å²) in [6.45, 7) is 4.27. The Morgan fingerprint density at radius 3 is 2.74 bits per heavy atom. The molecule has 3 rings (SSSR count). The smallest absolute Gasteiger partial charge is 0.100 e. The van der Waals surface area contributed by atoms with Crippen molar-refractivity contribution in [2.45, 2.75) is 51.4 Å². The first-order chi connectivity index (χ1) is 9.24. The molecule has 102 valence electrons. The normalized spacial score (nSPS) is 31.5. The van der Waals surface area contributed by atoms with Gasteiger partial charge in [-0.1, -0.05) is 30.3 Å². The van der Waals surface area contributed by atoms with Crippen LogP contribution in [0.3, 0.4) is 0 Å². The summed E-state index contributed by atoms with van der Waals surface area (Å²) in [4.78, 5) is 0. The van der Waals surface area contributed by atoms with E-state index in [1.807, 2.05) is 12.3 Å². The molecule has 0 spiro atoms. The number of hydrogen-bond acceptors (Lipinski definition) is 2. The fourth-order valence-corrected chi connectivity index (χ4v) is 3.25. The van der Waals surface area contributed by atoms with Gasteiger partial charge in [-0.05, 0) is 44.2 Å². The molecule has 0 N–H and O–H groups in total. The summed E-state index contributed by atoms with van der Waals surface area (Å²) in [6, 6.07) is 10.4. The third-order valence-electron chi connectivity index (χ3n) is 4.44. The van der Waals surface area contributed by atoms with Gasteiger partial charge in [-0.15, -0.1) is 0 Å². The first-order valence-electron chi connectivity index (χ1n) is 7.27. The highest BCUT2D eigenvalue weighted by atomic mass is 16.5. The molecule has 19 heavy (non-hydrogen) atoms. The van der Waals surface area contributed by atoms with E-state index >= 15 is 0 Å². The minimum absolute atomic E-state index is 0.244. The average Bonchev–Trinajstić information content (AvgIpc) is 3.08. The molecule has 1 aromatic rings. The fraction of sp³-hybridized carbons (Fsp3) is 0.529. The fourth-order valence-electron chi connectivity index (χ4n) is 3.25. The summed E-state index contributed by atoms with van der Waals surface area (Å²) in [5.41, 5.74) is 2.40. The molecule has 0 amide bonds. The van der Waals surface area contributed by atoms with Crippen LogP contribution < -0.4 is 0 Å². The van der Waals surface area contributed by atoms with Gasteiger partial charge in [-0.3, -0.25) is 0 Å². The monoisotopic (exact) mass is 258 g/mol. The SMILES string of the molecule is C/C(=C/OC(C)C1CC2CCC1O2)c1ccccc1. The highest BCUT2D eigenvalue weighted by molar-refractivity contribution is 5.62. The van der Waals surface area contributed by atoms with Crippen molar-refractivity contribution in [1.29, 1.82) is 0 Å². The second-order valence-electron chi connectivity index (χ2n) is 5.78. The zero-order chi connectivity index (χ0) is 13.2. The summed E-state index contributed by atoms with van der Waals surface area (Å²) in [7, 11) is 0. The summed E-state index contributed by atoms with van der Waals surface area (Å²) in [6.07, 6.45) is 6.72. The van der Waals surface area contributed by atoms with Crippen molar-refractivity contribution in [2.24, 2.45) is 5.92 Å². The Hall–Kier alpha value is -1.28. The van der Waals surface area contributed by atoms with Crippen LogP contribution in [0.4, 0.5) is 0 Å². The molecule has 2 bridgehead atoms. The maximum absolute atomic E-state index is 5.95. The van der Waals surface area contributed by atoms with E-state index in [0.717, 1.165) is 0 Å². The van der Waals surface area contributed by atoms with E-state index in [1.165, 1.54) is 30.4 Å². The Bertz CT molecular complexity index is 452. The van der Waals surface area contributed by atoms with Gasteiger partial charge >= 0.3 is 0 Å². The Balaban J connectivity index is 1.59. The van der Waals surface area contributed by atoms with E-state index < -0.39 is 0 Å². The maximum atomic E-state index is 5.95. The minimum Gasteiger partial charge on any atom is -0.498 e. The van der Waals surface area contributed by atoms with Gasteiger partial charge < -0.3 is 9.47 Å². The summed E-state index contributed by atoms with van der Waals surface area (Å²) in [5, 5.41) is 0. The third-order valence-corrected chi connectivity index (χ3v) is 4.44. The molecule has 0 aliphatic carbocycles. The largest absolute Gasteiger partial charge is 0.498 e. The van der Waals surface area contributed by atoms with Gasteiger partial charge in [-0.25, -0.2) is 0 Å². The number of fused-ring (bicyclic) bond motifs is 2. The van der Waals surface area contributed by atoms with E-state index in [2.05, 4.69) is 38.1 Å². The molecule has 4 atom stereocenters.